The van der Waals surface area contributed by atoms with Crippen LogP contribution in [0.25, 0.3) is 0 Å². The third-order valence-electron chi connectivity index (χ3n) is 3.95. The van der Waals surface area contributed by atoms with Gasteiger partial charge in [-0.1, -0.05) is 11.2 Å². The maximum absolute atomic E-state index is 12.6. The lowest BCUT2D eigenvalue weighted by molar-refractivity contribution is -0.766. The minimum atomic E-state index is -0.792. The Morgan fingerprint density at radius 1 is 1.18 bits per heavy atom. The number of esters is 1. The molecule has 0 atom stereocenters. The van der Waals surface area contributed by atoms with Gasteiger partial charge in [0.2, 0.25) is 0 Å². The summed E-state index contributed by atoms with van der Waals surface area (Å²) in [5.41, 5.74) is -0.621. The van der Waals surface area contributed by atoms with Gasteiger partial charge < -0.3 is 9.64 Å². The van der Waals surface area contributed by atoms with Crippen LogP contribution in [0, 0.1) is 4.91 Å². The number of rotatable bonds is 5. The second-order valence-electron chi connectivity index (χ2n) is 7.34. The molecule has 1 heterocycles. The topological polar surface area (TPSA) is 97.5 Å². The van der Waals surface area contributed by atoms with Gasteiger partial charge in [0, 0.05) is 13.1 Å². The zero-order valence-electron chi connectivity index (χ0n) is 16.6. The van der Waals surface area contributed by atoms with Gasteiger partial charge in [-0.2, -0.15) is 0 Å². The molecule has 0 bridgehead atoms. The molecule has 0 aliphatic carbocycles. The SMILES string of the molecule is COC(=O)c1cccc(C=NOC(=O)N2CCCCC2)c1[N+](=O)OC(C)(C)C. The molecular weight excluding hydrogens is 366 g/mol. The quantitative estimate of drug-likeness (QED) is 0.329. The van der Waals surface area contributed by atoms with Gasteiger partial charge in [-0.05, 0) is 52.2 Å². The Balaban J connectivity index is 2.25. The van der Waals surface area contributed by atoms with Gasteiger partial charge in [0.1, 0.15) is 5.56 Å². The molecule has 0 N–H and O–H groups in total. The standard InChI is InChI=1S/C19H26N3O6/c1-19(2,3)28-22(25)16-14(9-8-10-15(16)17(23)26-4)13-20-27-18(24)21-11-6-5-7-12-21/h8-10,13H,5-7,11-12H2,1-4H3/q+1. The molecule has 0 saturated carbocycles. The van der Waals surface area contributed by atoms with E-state index < -0.39 is 17.7 Å². The monoisotopic (exact) mass is 392 g/mol. The van der Waals surface area contributed by atoms with E-state index in [0.717, 1.165) is 19.3 Å². The molecule has 1 saturated heterocycles. The summed E-state index contributed by atoms with van der Waals surface area (Å²) >= 11 is 0. The molecule has 28 heavy (non-hydrogen) atoms. The van der Waals surface area contributed by atoms with Crippen LogP contribution >= 0.6 is 0 Å². The van der Waals surface area contributed by atoms with E-state index in [2.05, 4.69) is 5.16 Å². The minimum Gasteiger partial charge on any atom is -0.465 e. The Labute approximate surface area is 163 Å². The molecule has 1 aromatic carbocycles. The molecule has 1 aliphatic heterocycles. The first-order chi connectivity index (χ1) is 13.2. The summed E-state index contributed by atoms with van der Waals surface area (Å²) in [6, 6.07) is 4.56. The number of hydrogen-bond donors (Lipinski definition) is 0. The lowest BCUT2D eigenvalue weighted by atomic mass is 10.1. The van der Waals surface area contributed by atoms with Crippen LogP contribution in [0.2, 0.25) is 0 Å². The second kappa shape index (κ2) is 9.29. The van der Waals surface area contributed by atoms with E-state index in [1.165, 1.54) is 19.4 Å². The van der Waals surface area contributed by atoms with Crippen molar-refractivity contribution in [1.82, 2.24) is 4.90 Å². The number of likely N-dealkylation sites (tertiary alicyclic amines) is 1. The molecule has 2 rings (SSSR count). The van der Waals surface area contributed by atoms with E-state index in [9.17, 15) is 14.5 Å². The summed E-state index contributed by atoms with van der Waals surface area (Å²) < 4.78 is 4.74. The van der Waals surface area contributed by atoms with Gasteiger partial charge in [0.15, 0.2) is 5.60 Å². The first kappa shape index (κ1) is 21.3. The number of carbonyl (C=O) groups is 2. The fraction of sp³-hybridized carbons (Fsp3) is 0.526. The average Bonchev–Trinajstić information content (AvgIpc) is 2.66. The van der Waals surface area contributed by atoms with Gasteiger partial charge in [-0.25, -0.2) is 14.4 Å². The number of carbonyl (C=O) groups excluding carboxylic acids is 2. The van der Waals surface area contributed by atoms with E-state index in [1.54, 1.807) is 37.8 Å². The number of ether oxygens (including phenoxy) is 1. The van der Waals surface area contributed by atoms with Crippen molar-refractivity contribution in [1.29, 1.82) is 0 Å². The zero-order chi connectivity index (χ0) is 20.7. The number of nitrogens with zero attached hydrogens (tertiary/aromatic N) is 3. The van der Waals surface area contributed by atoms with Gasteiger partial charge in [0.25, 0.3) is 4.92 Å². The van der Waals surface area contributed by atoms with Crippen LogP contribution in [0.15, 0.2) is 23.4 Å². The molecule has 1 aromatic rings. The number of benzene rings is 1. The number of para-hydroxylation sites is 1. The van der Waals surface area contributed by atoms with Crippen LogP contribution in [0.1, 0.15) is 56.0 Å². The molecule has 9 nitrogen and oxygen atoms in total. The molecule has 0 aromatic heterocycles. The highest BCUT2D eigenvalue weighted by molar-refractivity contribution is 5.99. The fourth-order valence-corrected chi connectivity index (χ4v) is 2.70. The predicted molar refractivity (Wildman–Crippen MR) is 101 cm³/mol. The predicted octanol–water partition coefficient (Wildman–Crippen LogP) is 3.57. The van der Waals surface area contributed by atoms with E-state index >= 15 is 0 Å². The molecular formula is C19H26N3O6+. The first-order valence-electron chi connectivity index (χ1n) is 9.10. The van der Waals surface area contributed by atoms with E-state index in [0.29, 0.717) is 13.1 Å². The summed E-state index contributed by atoms with van der Waals surface area (Å²) in [5.74, 6) is -0.700. The van der Waals surface area contributed by atoms with Crippen LogP contribution in [0.4, 0.5) is 10.5 Å². The molecule has 152 valence electrons. The first-order valence-corrected chi connectivity index (χ1v) is 9.10. The highest BCUT2D eigenvalue weighted by Crippen LogP contribution is 2.26. The van der Waals surface area contributed by atoms with Crippen LogP contribution < -0.4 is 0 Å². The maximum Gasteiger partial charge on any atom is 0.435 e. The Morgan fingerprint density at radius 3 is 2.46 bits per heavy atom. The Hall–Kier alpha value is -2.97. The molecule has 1 amide bonds. The number of amides is 1. The smallest absolute Gasteiger partial charge is 0.435 e. The van der Waals surface area contributed by atoms with Crippen molar-refractivity contribution in [2.45, 2.75) is 45.6 Å². The van der Waals surface area contributed by atoms with Crippen LogP contribution in [-0.4, -0.2) is 53.9 Å². The van der Waals surface area contributed by atoms with Gasteiger partial charge in [0.05, 0.1) is 23.8 Å². The van der Waals surface area contributed by atoms with Gasteiger partial charge in [-0.15, -0.1) is 0 Å². The Morgan fingerprint density at radius 2 is 1.86 bits per heavy atom. The fourth-order valence-electron chi connectivity index (χ4n) is 2.70. The van der Waals surface area contributed by atoms with E-state index in [-0.39, 0.29) is 21.7 Å². The lowest BCUT2D eigenvalue weighted by Crippen LogP contribution is -2.35. The number of methoxy groups -OCH3 is 1. The Bertz CT molecular complexity index is 763. The normalized spacial score (nSPS) is 14.6. The van der Waals surface area contributed by atoms with Crippen LogP contribution in [0.3, 0.4) is 0 Å². The minimum absolute atomic E-state index is 0.00746. The molecule has 1 aliphatic rings. The molecule has 9 heteroatoms. The van der Waals surface area contributed by atoms with Crippen LogP contribution in [-0.2, 0) is 14.4 Å². The van der Waals surface area contributed by atoms with Crippen molar-refractivity contribution in [3.8, 4) is 0 Å². The van der Waals surface area contributed by atoms with E-state index in [4.69, 9.17) is 14.4 Å². The second-order valence-corrected chi connectivity index (χ2v) is 7.34. The average molecular weight is 392 g/mol. The number of piperidine rings is 1. The van der Waals surface area contributed by atoms with Crippen molar-refractivity contribution in [2.24, 2.45) is 5.16 Å². The third kappa shape index (κ3) is 5.77. The molecule has 0 unspecified atom stereocenters. The molecule has 1 fully saturated rings. The maximum atomic E-state index is 12.6. The summed E-state index contributed by atoms with van der Waals surface area (Å²) in [6.07, 6.45) is 3.59. The van der Waals surface area contributed by atoms with Crippen molar-refractivity contribution < 1.29 is 28.9 Å². The zero-order valence-corrected chi connectivity index (χ0v) is 16.6. The number of oxime groups is 1. The molecule has 0 spiro atoms. The summed E-state index contributed by atoms with van der Waals surface area (Å²) in [5, 5.41) is 3.69. The summed E-state index contributed by atoms with van der Waals surface area (Å²) in [6.45, 7) is 6.36. The van der Waals surface area contributed by atoms with Gasteiger partial charge in [-0.3, -0.25) is 4.84 Å². The van der Waals surface area contributed by atoms with Crippen molar-refractivity contribution in [3.63, 3.8) is 0 Å². The number of hydrogen-bond acceptors (Lipinski definition) is 7. The van der Waals surface area contributed by atoms with Crippen molar-refractivity contribution >= 4 is 24.0 Å². The highest BCUT2D eigenvalue weighted by Gasteiger charge is 2.34. The lowest BCUT2D eigenvalue weighted by Gasteiger charge is -2.24. The highest BCUT2D eigenvalue weighted by atomic mass is 16.8. The molecule has 0 radical (unpaired) electrons. The van der Waals surface area contributed by atoms with E-state index in [1.807, 2.05) is 0 Å². The summed E-state index contributed by atoms with van der Waals surface area (Å²) in [4.78, 5) is 48.7. The van der Waals surface area contributed by atoms with Gasteiger partial charge >= 0.3 is 17.7 Å². The van der Waals surface area contributed by atoms with Crippen LogP contribution in [0.5, 0.6) is 0 Å². The summed E-state index contributed by atoms with van der Waals surface area (Å²) in [7, 11) is 1.22. The largest absolute Gasteiger partial charge is 0.465 e. The van der Waals surface area contributed by atoms with Crippen molar-refractivity contribution in [3.05, 3.63) is 34.2 Å². The third-order valence-corrected chi connectivity index (χ3v) is 3.95. The Kier molecular flexibility index (Phi) is 7.08. The van der Waals surface area contributed by atoms with Crippen molar-refractivity contribution in [2.75, 3.05) is 20.2 Å².